The lowest BCUT2D eigenvalue weighted by Crippen LogP contribution is -2.58. The normalized spacial score (nSPS) is 14.6. The molecular formula is C36H62N6O7. The van der Waals surface area contributed by atoms with Gasteiger partial charge >= 0.3 is 0 Å². The van der Waals surface area contributed by atoms with E-state index < -0.39 is 53.9 Å². The topological polar surface area (TPSA) is 195 Å². The fraction of sp³-hybridized carbons (Fsp3) is 0.667. The van der Waals surface area contributed by atoms with Gasteiger partial charge in [0.1, 0.15) is 18.1 Å². The molecule has 1 rings (SSSR count). The van der Waals surface area contributed by atoms with Crippen LogP contribution >= 0.6 is 0 Å². The second-order valence-electron chi connectivity index (χ2n) is 13.1. The molecule has 1 aromatic rings. The maximum Gasteiger partial charge on any atom is 0.252 e. The SMILES string of the molecule is C.CCC[C@H](NC(=O)[C@@H](NC(=O)c1cccc(NC(C)=O)c1)[C@@H](C)CC)C(=O)N[C@@H](CC(C)C)[C@@H](O)CC(=O)N[C@H](C(=O)NCC)C(C)C. The van der Waals surface area contributed by atoms with Crippen LogP contribution in [0.5, 0.6) is 0 Å². The van der Waals surface area contributed by atoms with E-state index in [1.165, 1.54) is 13.0 Å². The van der Waals surface area contributed by atoms with E-state index in [9.17, 15) is 33.9 Å². The average Bonchev–Trinajstić information content (AvgIpc) is 3.00. The molecule has 1 aromatic carbocycles. The van der Waals surface area contributed by atoms with Crippen LogP contribution in [0.4, 0.5) is 5.69 Å². The molecule has 0 saturated carbocycles. The molecule has 49 heavy (non-hydrogen) atoms. The summed E-state index contributed by atoms with van der Waals surface area (Å²) >= 11 is 0. The standard InChI is InChI=1S/C35H58N6O7.CH4/c1-10-14-26(38-35(48)31(22(8)11-2)41-32(45)24-15-13-16-25(18-24)37-23(9)42)33(46)39-27(17-20(4)5)28(43)19-29(44)40-30(21(6)7)34(47)36-12-3;/h13,15-16,18,20-22,26-28,30-31,43H,10-12,14,17,19H2,1-9H3,(H,36,47)(H,37,42)(H,38,48)(H,39,46)(H,40,44)(H,41,45);1H4/t22-,26-,27-,28-,30-,31-;/m0./s1. The first-order valence-corrected chi connectivity index (χ1v) is 17.1. The Morgan fingerprint density at radius 1 is 0.816 bits per heavy atom. The minimum atomic E-state index is -1.25. The highest BCUT2D eigenvalue weighted by Crippen LogP contribution is 2.16. The number of amides is 6. The van der Waals surface area contributed by atoms with Crippen LogP contribution in [0.2, 0.25) is 0 Å². The lowest BCUT2D eigenvalue weighted by atomic mass is 9.95. The van der Waals surface area contributed by atoms with Crippen LogP contribution < -0.4 is 31.9 Å². The average molecular weight is 691 g/mol. The summed E-state index contributed by atoms with van der Waals surface area (Å²) in [5.74, 6) is -3.09. The quantitative estimate of drug-likeness (QED) is 0.109. The predicted molar refractivity (Wildman–Crippen MR) is 192 cm³/mol. The maximum absolute atomic E-state index is 13.6. The lowest BCUT2D eigenvalue weighted by molar-refractivity contribution is -0.133. The number of aliphatic hydroxyl groups is 1. The molecule has 0 bridgehead atoms. The molecule has 0 heterocycles. The number of nitrogens with one attached hydrogen (secondary N) is 6. The Bertz CT molecular complexity index is 1240. The monoisotopic (exact) mass is 690 g/mol. The molecule has 0 aliphatic heterocycles. The molecule has 6 amide bonds. The summed E-state index contributed by atoms with van der Waals surface area (Å²) in [6.07, 6.45) is 0.195. The molecule has 0 aliphatic rings. The molecule has 0 unspecified atom stereocenters. The summed E-state index contributed by atoms with van der Waals surface area (Å²) in [6, 6.07) is 2.86. The molecule has 0 aliphatic carbocycles. The smallest absolute Gasteiger partial charge is 0.252 e. The molecule has 0 radical (unpaired) electrons. The molecular weight excluding hydrogens is 628 g/mol. The number of hydrogen-bond donors (Lipinski definition) is 7. The fourth-order valence-electron chi connectivity index (χ4n) is 5.17. The molecule has 278 valence electrons. The van der Waals surface area contributed by atoms with Gasteiger partial charge in [-0.3, -0.25) is 28.8 Å². The van der Waals surface area contributed by atoms with Crippen molar-refractivity contribution in [2.24, 2.45) is 17.8 Å². The van der Waals surface area contributed by atoms with Gasteiger partial charge in [-0.15, -0.1) is 0 Å². The largest absolute Gasteiger partial charge is 0.390 e. The van der Waals surface area contributed by atoms with E-state index in [0.29, 0.717) is 37.9 Å². The number of hydrogen-bond acceptors (Lipinski definition) is 7. The summed E-state index contributed by atoms with van der Waals surface area (Å²) in [4.78, 5) is 77.2. The first kappa shape index (κ1) is 45.0. The predicted octanol–water partition coefficient (Wildman–Crippen LogP) is 3.27. The molecule has 13 nitrogen and oxygen atoms in total. The Balaban J connectivity index is 0.0000230. The minimum absolute atomic E-state index is 0. The van der Waals surface area contributed by atoms with Crippen molar-refractivity contribution < 1.29 is 33.9 Å². The fourth-order valence-corrected chi connectivity index (χ4v) is 5.17. The van der Waals surface area contributed by atoms with E-state index in [2.05, 4.69) is 31.9 Å². The van der Waals surface area contributed by atoms with Crippen LogP contribution in [-0.4, -0.2) is 77.4 Å². The van der Waals surface area contributed by atoms with Gasteiger partial charge in [0.15, 0.2) is 0 Å². The highest BCUT2D eigenvalue weighted by Gasteiger charge is 2.33. The van der Waals surface area contributed by atoms with Crippen LogP contribution in [0.1, 0.15) is 112 Å². The van der Waals surface area contributed by atoms with Crippen LogP contribution in [0, 0.1) is 17.8 Å². The van der Waals surface area contributed by atoms with Crippen molar-refractivity contribution in [3.8, 4) is 0 Å². The van der Waals surface area contributed by atoms with Crippen molar-refractivity contribution in [3.05, 3.63) is 29.8 Å². The second-order valence-corrected chi connectivity index (χ2v) is 13.1. The van der Waals surface area contributed by atoms with Crippen molar-refractivity contribution in [3.63, 3.8) is 0 Å². The highest BCUT2D eigenvalue weighted by atomic mass is 16.3. The Morgan fingerprint density at radius 2 is 1.47 bits per heavy atom. The summed E-state index contributed by atoms with van der Waals surface area (Å²) < 4.78 is 0. The molecule has 0 fully saturated rings. The van der Waals surface area contributed by atoms with Crippen LogP contribution in [-0.2, 0) is 24.0 Å². The van der Waals surface area contributed by atoms with Crippen molar-refractivity contribution in [2.45, 2.75) is 132 Å². The van der Waals surface area contributed by atoms with Crippen molar-refractivity contribution >= 4 is 41.1 Å². The molecule has 0 saturated heterocycles. The second kappa shape index (κ2) is 22.6. The third-order valence-electron chi connectivity index (χ3n) is 7.97. The van der Waals surface area contributed by atoms with Crippen LogP contribution in [0.3, 0.4) is 0 Å². The summed E-state index contributed by atoms with van der Waals surface area (Å²) in [7, 11) is 0. The molecule has 0 spiro atoms. The van der Waals surface area contributed by atoms with Crippen molar-refractivity contribution in [1.82, 2.24) is 26.6 Å². The van der Waals surface area contributed by atoms with Gasteiger partial charge in [0.05, 0.1) is 18.6 Å². The van der Waals surface area contributed by atoms with Gasteiger partial charge in [-0.25, -0.2) is 0 Å². The molecule has 13 heteroatoms. The summed E-state index contributed by atoms with van der Waals surface area (Å²) in [6.45, 7) is 16.6. The number of likely N-dealkylation sites (N-methyl/N-ethyl adjacent to an activating group) is 1. The maximum atomic E-state index is 13.6. The molecule has 7 N–H and O–H groups in total. The van der Waals surface area contributed by atoms with E-state index in [4.69, 9.17) is 0 Å². The van der Waals surface area contributed by atoms with E-state index in [1.54, 1.807) is 25.1 Å². The summed E-state index contributed by atoms with van der Waals surface area (Å²) in [5.41, 5.74) is 0.696. The number of anilines is 1. The van der Waals surface area contributed by atoms with E-state index in [-0.39, 0.29) is 49.0 Å². The Kier molecular flexibility index (Phi) is 20.8. The number of carbonyl (C=O) groups excluding carboxylic acids is 6. The number of aliphatic hydroxyl groups excluding tert-OH is 1. The third-order valence-corrected chi connectivity index (χ3v) is 7.97. The summed E-state index contributed by atoms with van der Waals surface area (Å²) in [5, 5.41) is 27.6. The van der Waals surface area contributed by atoms with Gasteiger partial charge in [-0.05, 0) is 55.7 Å². The van der Waals surface area contributed by atoms with Gasteiger partial charge in [0.2, 0.25) is 29.5 Å². The molecule has 6 atom stereocenters. The van der Waals surface area contributed by atoms with Crippen LogP contribution in [0.25, 0.3) is 0 Å². The van der Waals surface area contributed by atoms with Crippen molar-refractivity contribution in [2.75, 3.05) is 11.9 Å². The van der Waals surface area contributed by atoms with Gasteiger partial charge in [0, 0.05) is 24.7 Å². The van der Waals surface area contributed by atoms with E-state index in [1.807, 2.05) is 48.5 Å². The minimum Gasteiger partial charge on any atom is -0.390 e. The Morgan fingerprint density at radius 3 is 2.00 bits per heavy atom. The van der Waals surface area contributed by atoms with Crippen LogP contribution in [0.15, 0.2) is 24.3 Å². The van der Waals surface area contributed by atoms with Gasteiger partial charge in [0.25, 0.3) is 5.91 Å². The zero-order valence-electron chi connectivity index (χ0n) is 30.1. The van der Waals surface area contributed by atoms with E-state index >= 15 is 0 Å². The van der Waals surface area contributed by atoms with Crippen molar-refractivity contribution in [1.29, 1.82) is 0 Å². The van der Waals surface area contributed by atoms with Gasteiger partial charge in [-0.1, -0.05) is 74.8 Å². The van der Waals surface area contributed by atoms with E-state index in [0.717, 1.165) is 0 Å². The molecule has 0 aromatic heterocycles. The van der Waals surface area contributed by atoms with Gasteiger partial charge in [-0.2, -0.15) is 0 Å². The zero-order valence-corrected chi connectivity index (χ0v) is 30.1. The first-order valence-electron chi connectivity index (χ1n) is 17.1. The Hall–Kier alpha value is -4.00. The number of carbonyl (C=O) groups is 6. The number of benzene rings is 1. The Labute approximate surface area is 292 Å². The number of rotatable bonds is 20. The third kappa shape index (κ3) is 15.8. The highest BCUT2D eigenvalue weighted by molar-refractivity contribution is 6.00. The lowest BCUT2D eigenvalue weighted by Gasteiger charge is -2.30. The first-order chi connectivity index (χ1) is 22.5. The zero-order chi connectivity index (χ0) is 36.6. The van der Waals surface area contributed by atoms with Gasteiger partial charge < -0.3 is 37.0 Å².